The van der Waals surface area contributed by atoms with E-state index in [2.05, 4.69) is 47.6 Å². The molecule has 0 aliphatic heterocycles. The van der Waals surface area contributed by atoms with Crippen LogP contribution >= 0.6 is 0 Å². The number of phenolic OH excluding ortho intramolecular Hbond substituents is 1. The van der Waals surface area contributed by atoms with Crippen molar-refractivity contribution >= 4 is 0 Å². The maximum absolute atomic E-state index is 11.3. The summed E-state index contributed by atoms with van der Waals surface area (Å²) < 4.78 is 0. The molecule has 2 saturated carbocycles. The predicted octanol–water partition coefficient (Wildman–Crippen LogP) is 6.42. The van der Waals surface area contributed by atoms with Crippen molar-refractivity contribution in [2.45, 2.75) is 110 Å². The molecule has 0 saturated heterocycles. The normalized spacial score (nSPS) is 35.8. The Bertz CT molecular complexity index is 759. The first kappa shape index (κ1) is 20.3. The largest absolute Gasteiger partial charge is 0.507 e. The minimum absolute atomic E-state index is 0.0546. The lowest BCUT2D eigenvalue weighted by atomic mass is 9.54. The Morgan fingerprint density at radius 1 is 1.18 bits per heavy atom. The molecule has 2 nitrogen and oxygen atoms in total. The fourth-order valence-electron chi connectivity index (χ4n) is 7.03. The Morgan fingerprint density at radius 2 is 1.89 bits per heavy atom. The molecule has 4 unspecified atom stereocenters. The standard InChI is InChI=1S/C26H40O2/c1-7-15(2)23-18-9-8-17-16(12-13-26(6)20(17)10-11-22(26)27)19(18)14-21(24(23)28)25(3,4)5/h14-17,20,22,27-28H,7-13H2,1-6H3/t15?,16?,17?,20?,22-,26-/m0/s1. The summed E-state index contributed by atoms with van der Waals surface area (Å²) in [6, 6.07) is 2.38. The van der Waals surface area contributed by atoms with E-state index >= 15 is 0 Å². The van der Waals surface area contributed by atoms with Gasteiger partial charge in [0.05, 0.1) is 6.10 Å². The first-order chi connectivity index (χ1) is 13.1. The van der Waals surface area contributed by atoms with Crippen LogP contribution < -0.4 is 0 Å². The highest BCUT2D eigenvalue weighted by Crippen LogP contribution is 2.62. The van der Waals surface area contributed by atoms with E-state index in [0.29, 0.717) is 29.4 Å². The van der Waals surface area contributed by atoms with E-state index in [4.69, 9.17) is 0 Å². The lowest BCUT2D eigenvalue weighted by molar-refractivity contribution is -0.0227. The summed E-state index contributed by atoms with van der Waals surface area (Å²) in [5.41, 5.74) is 5.44. The van der Waals surface area contributed by atoms with Gasteiger partial charge in [0.1, 0.15) is 5.75 Å². The summed E-state index contributed by atoms with van der Waals surface area (Å²) in [4.78, 5) is 0. The second-order valence-corrected chi connectivity index (χ2v) is 11.4. The van der Waals surface area contributed by atoms with Crippen molar-refractivity contribution in [2.24, 2.45) is 17.3 Å². The molecule has 2 N–H and O–H groups in total. The van der Waals surface area contributed by atoms with Crippen molar-refractivity contribution in [3.8, 4) is 5.75 Å². The highest BCUT2D eigenvalue weighted by atomic mass is 16.3. The van der Waals surface area contributed by atoms with Gasteiger partial charge in [-0.1, -0.05) is 47.6 Å². The number of fused-ring (bicyclic) bond motifs is 5. The molecular formula is C26H40O2. The molecule has 3 aliphatic carbocycles. The van der Waals surface area contributed by atoms with Crippen LogP contribution in [0.1, 0.15) is 114 Å². The number of rotatable bonds is 2. The van der Waals surface area contributed by atoms with Crippen molar-refractivity contribution in [3.05, 3.63) is 28.3 Å². The van der Waals surface area contributed by atoms with E-state index in [9.17, 15) is 10.2 Å². The third-order valence-corrected chi connectivity index (χ3v) is 8.91. The zero-order valence-corrected chi connectivity index (χ0v) is 18.8. The molecular weight excluding hydrogens is 344 g/mol. The number of aromatic hydroxyl groups is 1. The zero-order valence-electron chi connectivity index (χ0n) is 18.8. The van der Waals surface area contributed by atoms with Crippen LogP contribution in [0.15, 0.2) is 6.07 Å². The molecule has 0 radical (unpaired) electrons. The first-order valence-corrected chi connectivity index (χ1v) is 11.7. The molecule has 0 aromatic heterocycles. The number of hydrogen-bond acceptors (Lipinski definition) is 2. The quantitative estimate of drug-likeness (QED) is 0.617. The molecule has 156 valence electrons. The molecule has 28 heavy (non-hydrogen) atoms. The van der Waals surface area contributed by atoms with E-state index < -0.39 is 0 Å². The Morgan fingerprint density at radius 3 is 2.54 bits per heavy atom. The van der Waals surface area contributed by atoms with E-state index in [0.717, 1.165) is 31.2 Å². The third-order valence-electron chi connectivity index (χ3n) is 8.91. The Kier molecular flexibility index (Phi) is 4.89. The molecule has 2 fully saturated rings. The number of aliphatic hydroxyl groups excluding tert-OH is 1. The summed E-state index contributed by atoms with van der Waals surface area (Å²) in [6.07, 6.45) is 7.78. The van der Waals surface area contributed by atoms with E-state index in [1.54, 1.807) is 0 Å². The molecule has 6 atom stereocenters. The number of hydrogen-bond donors (Lipinski definition) is 2. The number of aliphatic hydroxyl groups is 1. The molecule has 1 aromatic rings. The minimum Gasteiger partial charge on any atom is -0.507 e. The van der Waals surface area contributed by atoms with E-state index in [-0.39, 0.29) is 16.9 Å². The van der Waals surface area contributed by atoms with Gasteiger partial charge in [-0.2, -0.15) is 0 Å². The van der Waals surface area contributed by atoms with Gasteiger partial charge in [0.2, 0.25) is 0 Å². The van der Waals surface area contributed by atoms with E-state index in [1.165, 1.54) is 36.0 Å². The Balaban J connectivity index is 1.84. The van der Waals surface area contributed by atoms with Crippen LogP contribution in [0.5, 0.6) is 5.75 Å². The van der Waals surface area contributed by atoms with Gasteiger partial charge in [-0.05, 0) is 96.1 Å². The highest BCUT2D eigenvalue weighted by molar-refractivity contribution is 5.56. The fraction of sp³-hybridized carbons (Fsp3) is 0.769. The summed E-state index contributed by atoms with van der Waals surface area (Å²) in [6.45, 7) is 13.5. The van der Waals surface area contributed by atoms with Crippen LogP contribution in [0.3, 0.4) is 0 Å². The van der Waals surface area contributed by atoms with Gasteiger partial charge in [-0.15, -0.1) is 0 Å². The van der Waals surface area contributed by atoms with Crippen molar-refractivity contribution in [1.82, 2.24) is 0 Å². The van der Waals surface area contributed by atoms with Gasteiger partial charge in [0, 0.05) is 5.56 Å². The molecule has 2 heteroatoms. The average Bonchev–Trinajstić information content (AvgIpc) is 2.94. The topological polar surface area (TPSA) is 40.5 Å². The van der Waals surface area contributed by atoms with Crippen LogP contribution in [0.25, 0.3) is 0 Å². The van der Waals surface area contributed by atoms with Crippen molar-refractivity contribution in [2.75, 3.05) is 0 Å². The van der Waals surface area contributed by atoms with Crippen molar-refractivity contribution in [1.29, 1.82) is 0 Å². The molecule has 0 amide bonds. The maximum atomic E-state index is 11.3. The number of benzene rings is 1. The molecule has 0 heterocycles. The zero-order chi connectivity index (χ0) is 20.4. The van der Waals surface area contributed by atoms with Crippen LogP contribution in [-0.2, 0) is 11.8 Å². The van der Waals surface area contributed by atoms with Gasteiger partial charge < -0.3 is 10.2 Å². The molecule has 1 aromatic carbocycles. The average molecular weight is 385 g/mol. The summed E-state index contributed by atoms with van der Waals surface area (Å²) in [5, 5.41) is 21.9. The molecule has 0 bridgehead atoms. The minimum atomic E-state index is -0.111. The van der Waals surface area contributed by atoms with Crippen molar-refractivity contribution < 1.29 is 10.2 Å². The second-order valence-electron chi connectivity index (χ2n) is 11.4. The van der Waals surface area contributed by atoms with E-state index in [1.807, 2.05) is 0 Å². The summed E-state index contributed by atoms with van der Waals surface area (Å²) in [5.74, 6) is 2.93. The van der Waals surface area contributed by atoms with Gasteiger partial charge >= 0.3 is 0 Å². The van der Waals surface area contributed by atoms with Gasteiger partial charge in [0.25, 0.3) is 0 Å². The Labute approximate surface area is 171 Å². The SMILES string of the molecule is CCC(C)c1c(O)c(C(C)(C)C)cc2c1CCC1C2CC[C@@]2(C)C1CC[C@@H]2O. The maximum Gasteiger partial charge on any atom is 0.123 e. The molecule has 4 rings (SSSR count). The van der Waals surface area contributed by atoms with Gasteiger partial charge in [0.15, 0.2) is 0 Å². The summed E-state index contributed by atoms with van der Waals surface area (Å²) >= 11 is 0. The first-order valence-electron chi connectivity index (χ1n) is 11.7. The highest BCUT2D eigenvalue weighted by Gasteiger charge is 2.54. The van der Waals surface area contributed by atoms with Crippen LogP contribution in [0.2, 0.25) is 0 Å². The lowest BCUT2D eigenvalue weighted by Crippen LogP contribution is -2.44. The van der Waals surface area contributed by atoms with Crippen molar-refractivity contribution in [3.63, 3.8) is 0 Å². The monoisotopic (exact) mass is 384 g/mol. The molecule has 0 spiro atoms. The van der Waals surface area contributed by atoms with Crippen LogP contribution in [0.4, 0.5) is 0 Å². The fourth-order valence-corrected chi connectivity index (χ4v) is 7.03. The third kappa shape index (κ3) is 2.85. The second kappa shape index (κ2) is 6.76. The predicted molar refractivity (Wildman–Crippen MR) is 116 cm³/mol. The summed E-state index contributed by atoms with van der Waals surface area (Å²) in [7, 11) is 0. The van der Waals surface area contributed by atoms with Crippen LogP contribution in [-0.4, -0.2) is 16.3 Å². The smallest absolute Gasteiger partial charge is 0.123 e. The lowest BCUT2D eigenvalue weighted by Gasteiger charge is -2.50. The van der Waals surface area contributed by atoms with Gasteiger partial charge in [-0.25, -0.2) is 0 Å². The van der Waals surface area contributed by atoms with Gasteiger partial charge in [-0.3, -0.25) is 0 Å². The number of phenols is 1. The molecule has 3 aliphatic rings. The Hall–Kier alpha value is -1.02. The van der Waals surface area contributed by atoms with Crippen LogP contribution in [0, 0.1) is 17.3 Å².